The van der Waals surface area contributed by atoms with Crippen molar-refractivity contribution in [3.63, 3.8) is 0 Å². The van der Waals surface area contributed by atoms with Gasteiger partial charge in [-0.3, -0.25) is 5.32 Å². The van der Waals surface area contributed by atoms with E-state index in [1.807, 2.05) is 32.0 Å². The first-order chi connectivity index (χ1) is 8.58. The number of benzene rings is 1. The fraction of sp³-hybridized carbons (Fsp3) is 0.333. The van der Waals surface area contributed by atoms with Crippen LogP contribution in [-0.4, -0.2) is 24.2 Å². The van der Waals surface area contributed by atoms with Gasteiger partial charge in [0.1, 0.15) is 5.75 Å². The minimum absolute atomic E-state index is 0.0967. The van der Waals surface area contributed by atoms with Crippen LogP contribution >= 0.6 is 11.3 Å². The molecule has 0 atom stereocenters. The number of nitrogens with zero attached hydrogens (tertiary/aromatic N) is 1. The number of ether oxygens (including phenoxy) is 1. The van der Waals surface area contributed by atoms with Crippen LogP contribution in [0.2, 0.25) is 0 Å². The molecule has 96 valence electrons. The highest BCUT2D eigenvalue weighted by molar-refractivity contribution is 7.22. The van der Waals surface area contributed by atoms with Gasteiger partial charge in [-0.2, -0.15) is 0 Å². The van der Waals surface area contributed by atoms with E-state index in [0.29, 0.717) is 5.13 Å². The molecule has 0 spiro atoms. The van der Waals surface area contributed by atoms with Gasteiger partial charge in [0, 0.05) is 6.04 Å². The zero-order chi connectivity index (χ0) is 13.1. The highest BCUT2D eigenvalue weighted by Crippen LogP contribution is 2.28. The molecule has 0 aliphatic carbocycles. The fourth-order valence-electron chi connectivity index (χ4n) is 1.48. The van der Waals surface area contributed by atoms with Crippen molar-refractivity contribution >= 4 is 32.7 Å². The lowest BCUT2D eigenvalue weighted by Gasteiger charge is -2.07. The van der Waals surface area contributed by atoms with Crippen molar-refractivity contribution in [1.29, 1.82) is 0 Å². The first kappa shape index (κ1) is 12.6. The van der Waals surface area contributed by atoms with Gasteiger partial charge in [0.25, 0.3) is 0 Å². The predicted molar refractivity (Wildman–Crippen MR) is 73.5 cm³/mol. The summed E-state index contributed by atoms with van der Waals surface area (Å²) in [6.45, 7) is 3.81. The molecule has 0 saturated heterocycles. The molecule has 2 rings (SSSR count). The normalized spacial score (nSPS) is 10.7. The Balaban J connectivity index is 2.17. The molecule has 0 bridgehead atoms. The molecule has 2 aromatic rings. The Bertz CT molecular complexity index is 565. The van der Waals surface area contributed by atoms with E-state index in [9.17, 15) is 4.79 Å². The number of fused-ring (bicyclic) bond motifs is 1. The van der Waals surface area contributed by atoms with Crippen molar-refractivity contribution in [2.75, 3.05) is 12.4 Å². The van der Waals surface area contributed by atoms with E-state index >= 15 is 0 Å². The minimum Gasteiger partial charge on any atom is -0.497 e. The van der Waals surface area contributed by atoms with Gasteiger partial charge in [0.2, 0.25) is 0 Å². The second-order valence-corrected chi connectivity index (χ2v) is 5.14. The molecule has 5 nitrogen and oxygen atoms in total. The topological polar surface area (TPSA) is 63.2 Å². The first-order valence-corrected chi connectivity index (χ1v) is 6.42. The summed E-state index contributed by atoms with van der Waals surface area (Å²) in [5.74, 6) is 0.782. The molecule has 1 aromatic heterocycles. The van der Waals surface area contributed by atoms with Crippen LogP contribution in [0.15, 0.2) is 18.2 Å². The maximum Gasteiger partial charge on any atom is 0.321 e. The van der Waals surface area contributed by atoms with E-state index in [1.54, 1.807) is 7.11 Å². The van der Waals surface area contributed by atoms with E-state index in [4.69, 9.17) is 4.74 Å². The Morgan fingerprint density at radius 2 is 2.22 bits per heavy atom. The third-order valence-corrected chi connectivity index (χ3v) is 3.17. The molecular weight excluding hydrogens is 250 g/mol. The molecule has 0 unspecified atom stereocenters. The van der Waals surface area contributed by atoms with Crippen molar-refractivity contribution in [1.82, 2.24) is 10.3 Å². The number of rotatable bonds is 3. The van der Waals surface area contributed by atoms with Crippen LogP contribution in [0, 0.1) is 0 Å². The Hall–Kier alpha value is -1.82. The molecule has 0 saturated carbocycles. The van der Waals surface area contributed by atoms with E-state index < -0.39 is 0 Å². The van der Waals surface area contributed by atoms with Crippen LogP contribution in [0.3, 0.4) is 0 Å². The number of hydrogen-bond acceptors (Lipinski definition) is 4. The van der Waals surface area contributed by atoms with Gasteiger partial charge in [-0.1, -0.05) is 11.3 Å². The molecule has 18 heavy (non-hydrogen) atoms. The van der Waals surface area contributed by atoms with Gasteiger partial charge >= 0.3 is 6.03 Å². The number of aromatic nitrogens is 1. The standard InChI is InChI=1S/C12H15N3O2S/c1-7(2)13-11(16)15-12-14-9-5-4-8(17-3)6-10(9)18-12/h4-7H,1-3H3,(H2,13,14,15,16). The lowest BCUT2D eigenvalue weighted by atomic mass is 10.3. The summed E-state index contributed by atoms with van der Waals surface area (Å²) in [6, 6.07) is 5.48. The number of carbonyl (C=O) groups is 1. The third kappa shape index (κ3) is 2.89. The maximum atomic E-state index is 11.5. The molecule has 0 fully saturated rings. The molecule has 1 heterocycles. The zero-order valence-electron chi connectivity index (χ0n) is 10.5. The van der Waals surface area contributed by atoms with Gasteiger partial charge in [-0.25, -0.2) is 9.78 Å². The molecular formula is C12H15N3O2S. The minimum atomic E-state index is -0.240. The Kier molecular flexibility index (Phi) is 3.66. The van der Waals surface area contributed by atoms with Crippen LogP contribution in [0.1, 0.15) is 13.8 Å². The lowest BCUT2D eigenvalue weighted by Crippen LogP contribution is -2.34. The monoisotopic (exact) mass is 265 g/mol. The van der Waals surface area contributed by atoms with Crippen molar-refractivity contribution in [2.24, 2.45) is 0 Å². The Morgan fingerprint density at radius 3 is 2.89 bits per heavy atom. The summed E-state index contributed by atoms with van der Waals surface area (Å²) in [5, 5.41) is 6.05. The number of thiazole rings is 1. The average Bonchev–Trinajstić information content (AvgIpc) is 2.68. The number of amides is 2. The van der Waals surface area contributed by atoms with Gasteiger partial charge in [0.15, 0.2) is 5.13 Å². The average molecular weight is 265 g/mol. The Labute approximate surface area is 109 Å². The van der Waals surface area contributed by atoms with E-state index in [2.05, 4.69) is 15.6 Å². The smallest absolute Gasteiger partial charge is 0.321 e. The summed E-state index contributed by atoms with van der Waals surface area (Å²) in [5.41, 5.74) is 0.848. The number of hydrogen-bond donors (Lipinski definition) is 2. The summed E-state index contributed by atoms with van der Waals surface area (Å²) in [4.78, 5) is 15.9. The predicted octanol–water partition coefficient (Wildman–Crippen LogP) is 2.83. The second kappa shape index (κ2) is 5.22. The number of carbonyl (C=O) groups excluding carboxylic acids is 1. The number of methoxy groups -OCH3 is 1. The maximum absolute atomic E-state index is 11.5. The van der Waals surface area contributed by atoms with E-state index in [-0.39, 0.29) is 12.1 Å². The number of urea groups is 1. The molecule has 0 radical (unpaired) electrons. The van der Waals surface area contributed by atoms with Crippen LogP contribution in [0.25, 0.3) is 10.2 Å². The van der Waals surface area contributed by atoms with Gasteiger partial charge in [0.05, 0.1) is 17.3 Å². The van der Waals surface area contributed by atoms with Gasteiger partial charge < -0.3 is 10.1 Å². The number of nitrogens with one attached hydrogen (secondary N) is 2. The zero-order valence-corrected chi connectivity index (χ0v) is 11.3. The van der Waals surface area contributed by atoms with Crippen LogP contribution in [0.4, 0.5) is 9.93 Å². The SMILES string of the molecule is COc1ccc2nc(NC(=O)NC(C)C)sc2c1. The highest BCUT2D eigenvalue weighted by atomic mass is 32.1. The van der Waals surface area contributed by atoms with Gasteiger partial charge in [-0.05, 0) is 32.0 Å². The molecule has 2 N–H and O–H groups in total. The second-order valence-electron chi connectivity index (χ2n) is 4.11. The van der Waals surface area contributed by atoms with Crippen LogP contribution in [-0.2, 0) is 0 Å². The molecule has 6 heteroatoms. The number of anilines is 1. The summed E-state index contributed by atoms with van der Waals surface area (Å²) >= 11 is 1.42. The molecule has 0 aliphatic heterocycles. The molecule has 1 aromatic carbocycles. The van der Waals surface area contributed by atoms with Crippen molar-refractivity contribution in [3.05, 3.63) is 18.2 Å². The summed E-state index contributed by atoms with van der Waals surface area (Å²) in [6.07, 6.45) is 0. The van der Waals surface area contributed by atoms with E-state index in [0.717, 1.165) is 16.0 Å². The fourth-order valence-corrected chi connectivity index (χ4v) is 2.37. The molecule has 2 amide bonds. The first-order valence-electron chi connectivity index (χ1n) is 5.60. The highest BCUT2D eigenvalue weighted by Gasteiger charge is 2.08. The summed E-state index contributed by atoms with van der Waals surface area (Å²) in [7, 11) is 1.62. The van der Waals surface area contributed by atoms with E-state index in [1.165, 1.54) is 11.3 Å². The quantitative estimate of drug-likeness (QED) is 0.897. The lowest BCUT2D eigenvalue weighted by molar-refractivity contribution is 0.250. The van der Waals surface area contributed by atoms with Crippen LogP contribution in [0.5, 0.6) is 5.75 Å². The van der Waals surface area contributed by atoms with Crippen molar-refractivity contribution in [3.8, 4) is 5.75 Å². The van der Waals surface area contributed by atoms with Crippen molar-refractivity contribution in [2.45, 2.75) is 19.9 Å². The van der Waals surface area contributed by atoms with Crippen LogP contribution < -0.4 is 15.4 Å². The summed E-state index contributed by atoms with van der Waals surface area (Å²) < 4.78 is 6.13. The Morgan fingerprint density at radius 1 is 1.44 bits per heavy atom. The molecule has 0 aliphatic rings. The van der Waals surface area contributed by atoms with Crippen molar-refractivity contribution < 1.29 is 9.53 Å². The largest absolute Gasteiger partial charge is 0.497 e. The van der Waals surface area contributed by atoms with Gasteiger partial charge in [-0.15, -0.1) is 0 Å². The third-order valence-electron chi connectivity index (χ3n) is 2.24.